The lowest BCUT2D eigenvalue weighted by Crippen LogP contribution is -2.40. The van der Waals surface area contributed by atoms with E-state index in [0.29, 0.717) is 5.95 Å². The van der Waals surface area contributed by atoms with Crippen molar-refractivity contribution in [2.45, 2.75) is 33.7 Å². The molecule has 6 heteroatoms. The third-order valence-corrected chi connectivity index (χ3v) is 2.93. The highest BCUT2D eigenvalue weighted by Crippen LogP contribution is 2.25. The molecule has 1 unspecified atom stereocenters. The van der Waals surface area contributed by atoms with Gasteiger partial charge in [0.05, 0.1) is 0 Å². The highest BCUT2D eigenvalue weighted by Gasteiger charge is 2.25. The molecule has 1 atom stereocenters. The molecule has 5 nitrogen and oxygen atoms in total. The van der Waals surface area contributed by atoms with Crippen LogP contribution >= 0.6 is 11.6 Å². The van der Waals surface area contributed by atoms with Crippen LogP contribution in [0, 0.1) is 5.41 Å². The Morgan fingerprint density at radius 1 is 1.25 bits per heavy atom. The topological polar surface area (TPSA) is 67.9 Å². The second-order valence-corrected chi connectivity index (χ2v) is 5.25. The van der Waals surface area contributed by atoms with E-state index in [0.717, 1.165) is 0 Å². The summed E-state index contributed by atoms with van der Waals surface area (Å²) in [6.45, 7) is 8.56. The van der Waals surface area contributed by atoms with Crippen LogP contribution in [0.25, 0.3) is 0 Å². The van der Waals surface area contributed by atoms with E-state index in [1.807, 2.05) is 11.9 Å². The van der Waals surface area contributed by atoms with Crippen molar-refractivity contribution < 1.29 is 0 Å². The van der Waals surface area contributed by atoms with E-state index in [4.69, 9.17) is 17.3 Å². The normalized spacial score (nSPS) is 13.6. The Bertz CT molecular complexity index is 354. The van der Waals surface area contributed by atoms with E-state index in [-0.39, 0.29) is 22.7 Å². The minimum atomic E-state index is 0.114. The van der Waals surface area contributed by atoms with E-state index in [9.17, 15) is 0 Å². The molecule has 0 aliphatic carbocycles. The second kappa shape index (κ2) is 4.41. The molecule has 0 aliphatic rings. The number of hydrogen-bond acceptors (Lipinski definition) is 5. The van der Waals surface area contributed by atoms with Crippen LogP contribution in [0.3, 0.4) is 0 Å². The zero-order valence-corrected chi connectivity index (χ0v) is 11.1. The van der Waals surface area contributed by atoms with Gasteiger partial charge in [-0.25, -0.2) is 0 Å². The quantitative estimate of drug-likeness (QED) is 0.860. The van der Waals surface area contributed by atoms with Gasteiger partial charge >= 0.3 is 0 Å². The summed E-state index contributed by atoms with van der Waals surface area (Å²) >= 11 is 5.74. The molecule has 0 bridgehead atoms. The first kappa shape index (κ1) is 13.0. The first-order chi connectivity index (χ1) is 7.21. The Hall–Kier alpha value is -1.10. The maximum atomic E-state index is 5.74. The van der Waals surface area contributed by atoms with Crippen molar-refractivity contribution in [1.29, 1.82) is 0 Å². The number of anilines is 2. The van der Waals surface area contributed by atoms with Crippen molar-refractivity contribution in [1.82, 2.24) is 15.0 Å². The van der Waals surface area contributed by atoms with Crippen LogP contribution < -0.4 is 10.6 Å². The molecule has 0 fully saturated rings. The van der Waals surface area contributed by atoms with Gasteiger partial charge in [0.1, 0.15) is 0 Å². The molecule has 1 heterocycles. The molecular weight excluding hydrogens is 226 g/mol. The van der Waals surface area contributed by atoms with E-state index < -0.39 is 0 Å². The highest BCUT2D eigenvalue weighted by molar-refractivity contribution is 6.28. The van der Waals surface area contributed by atoms with Gasteiger partial charge in [-0.05, 0) is 23.9 Å². The van der Waals surface area contributed by atoms with Crippen LogP contribution in [0.15, 0.2) is 0 Å². The zero-order chi connectivity index (χ0) is 12.5. The first-order valence-corrected chi connectivity index (χ1v) is 5.49. The van der Waals surface area contributed by atoms with Crippen LogP contribution in [0.5, 0.6) is 0 Å². The fourth-order valence-corrected chi connectivity index (χ4v) is 1.43. The van der Waals surface area contributed by atoms with E-state index in [2.05, 4.69) is 42.6 Å². The zero-order valence-electron chi connectivity index (χ0n) is 10.3. The predicted octanol–water partition coefficient (Wildman–Crippen LogP) is 1.98. The summed E-state index contributed by atoms with van der Waals surface area (Å²) in [6, 6.07) is 0.255. The van der Waals surface area contributed by atoms with Gasteiger partial charge < -0.3 is 10.6 Å². The molecule has 0 saturated carbocycles. The van der Waals surface area contributed by atoms with Gasteiger partial charge in [-0.15, -0.1) is 0 Å². The Kier molecular flexibility index (Phi) is 3.57. The molecule has 2 N–H and O–H groups in total. The number of nitrogens with two attached hydrogens (primary N) is 1. The van der Waals surface area contributed by atoms with Crippen molar-refractivity contribution in [3.05, 3.63) is 5.28 Å². The molecular formula is C10H18ClN5. The summed E-state index contributed by atoms with van der Waals surface area (Å²) in [5, 5.41) is 0.121. The number of halogens is 1. The molecule has 0 spiro atoms. The average Bonchev–Trinajstić information content (AvgIpc) is 2.12. The standard InChI is InChI=1S/C10H18ClN5/c1-6(10(2,3)4)16(5)9-14-7(11)13-8(12)15-9/h6H,1-5H3,(H2,12,13,14,15). The smallest absolute Gasteiger partial charge is 0.231 e. The maximum Gasteiger partial charge on any atom is 0.231 e. The summed E-state index contributed by atoms with van der Waals surface area (Å²) in [5.41, 5.74) is 5.65. The van der Waals surface area contributed by atoms with Crippen molar-refractivity contribution in [3.8, 4) is 0 Å². The van der Waals surface area contributed by atoms with Gasteiger partial charge in [0.25, 0.3) is 0 Å². The summed E-state index contributed by atoms with van der Waals surface area (Å²) < 4.78 is 0. The number of rotatable bonds is 2. The predicted molar refractivity (Wildman–Crippen MR) is 66.6 cm³/mol. The van der Waals surface area contributed by atoms with Gasteiger partial charge in [0.2, 0.25) is 17.2 Å². The van der Waals surface area contributed by atoms with Crippen LogP contribution in [-0.4, -0.2) is 28.0 Å². The molecule has 1 rings (SSSR count). The van der Waals surface area contributed by atoms with Crippen molar-refractivity contribution >= 4 is 23.5 Å². The summed E-state index contributed by atoms with van der Waals surface area (Å²) in [4.78, 5) is 13.8. The lowest BCUT2D eigenvalue weighted by atomic mass is 9.87. The van der Waals surface area contributed by atoms with Gasteiger partial charge in [-0.1, -0.05) is 20.8 Å². The Balaban J connectivity index is 3.00. The van der Waals surface area contributed by atoms with Gasteiger partial charge in [-0.3, -0.25) is 0 Å². The van der Waals surface area contributed by atoms with Crippen molar-refractivity contribution in [3.63, 3.8) is 0 Å². The Morgan fingerprint density at radius 3 is 2.25 bits per heavy atom. The van der Waals surface area contributed by atoms with E-state index in [1.165, 1.54) is 0 Å². The molecule has 1 aromatic heterocycles. The van der Waals surface area contributed by atoms with Crippen LogP contribution in [-0.2, 0) is 0 Å². The summed E-state index contributed by atoms with van der Waals surface area (Å²) in [7, 11) is 1.92. The Labute approximate surface area is 101 Å². The third-order valence-electron chi connectivity index (χ3n) is 2.76. The molecule has 0 amide bonds. The summed E-state index contributed by atoms with van der Waals surface area (Å²) in [6.07, 6.45) is 0. The van der Waals surface area contributed by atoms with E-state index >= 15 is 0 Å². The minimum absolute atomic E-state index is 0.114. The third kappa shape index (κ3) is 2.95. The fraction of sp³-hybridized carbons (Fsp3) is 0.700. The maximum absolute atomic E-state index is 5.74. The largest absolute Gasteiger partial charge is 0.368 e. The van der Waals surface area contributed by atoms with Gasteiger partial charge in [0.15, 0.2) is 0 Å². The van der Waals surface area contributed by atoms with Crippen LogP contribution in [0.2, 0.25) is 5.28 Å². The molecule has 0 radical (unpaired) electrons. The average molecular weight is 244 g/mol. The van der Waals surface area contributed by atoms with Crippen LogP contribution in [0.1, 0.15) is 27.7 Å². The molecule has 0 aliphatic heterocycles. The van der Waals surface area contributed by atoms with Gasteiger partial charge in [0, 0.05) is 13.1 Å². The molecule has 1 aromatic rings. The van der Waals surface area contributed by atoms with Crippen molar-refractivity contribution in [2.24, 2.45) is 5.41 Å². The number of hydrogen-bond donors (Lipinski definition) is 1. The number of nitrogen functional groups attached to an aromatic ring is 1. The van der Waals surface area contributed by atoms with Crippen LogP contribution in [0.4, 0.5) is 11.9 Å². The fourth-order valence-electron chi connectivity index (χ4n) is 1.27. The lowest BCUT2D eigenvalue weighted by Gasteiger charge is -2.35. The highest BCUT2D eigenvalue weighted by atomic mass is 35.5. The number of nitrogens with zero attached hydrogens (tertiary/aromatic N) is 4. The second-order valence-electron chi connectivity index (χ2n) is 4.92. The molecule has 0 aromatic carbocycles. The minimum Gasteiger partial charge on any atom is -0.368 e. The lowest BCUT2D eigenvalue weighted by molar-refractivity contribution is 0.327. The first-order valence-electron chi connectivity index (χ1n) is 5.11. The molecule has 16 heavy (non-hydrogen) atoms. The molecule has 90 valence electrons. The van der Waals surface area contributed by atoms with Crippen molar-refractivity contribution in [2.75, 3.05) is 17.7 Å². The SMILES string of the molecule is CC(N(C)c1nc(N)nc(Cl)n1)C(C)(C)C. The molecule has 0 saturated heterocycles. The Morgan fingerprint density at radius 2 is 1.81 bits per heavy atom. The number of aromatic nitrogens is 3. The monoisotopic (exact) mass is 243 g/mol. The summed E-state index contributed by atoms with van der Waals surface area (Å²) in [5.74, 6) is 0.642. The van der Waals surface area contributed by atoms with E-state index in [1.54, 1.807) is 0 Å². The van der Waals surface area contributed by atoms with Gasteiger partial charge in [-0.2, -0.15) is 15.0 Å².